The Hall–Kier alpha value is -3.35. The van der Waals surface area contributed by atoms with Crippen molar-refractivity contribution in [2.45, 2.75) is 20.3 Å². The number of ether oxygens (including phenoxy) is 2. The van der Waals surface area contributed by atoms with Gasteiger partial charge >= 0.3 is 5.63 Å². The number of rotatable bonds is 5. The predicted octanol–water partition coefficient (Wildman–Crippen LogP) is 3.00. The first-order chi connectivity index (χ1) is 12.9. The zero-order chi connectivity index (χ0) is 19.6. The Labute approximate surface area is 155 Å². The van der Waals surface area contributed by atoms with Crippen LogP contribution in [0.3, 0.4) is 0 Å². The summed E-state index contributed by atoms with van der Waals surface area (Å²) in [5.41, 5.74) is 1.65. The van der Waals surface area contributed by atoms with Crippen LogP contribution in [-0.4, -0.2) is 25.1 Å². The van der Waals surface area contributed by atoms with Crippen LogP contribution in [0.15, 0.2) is 39.7 Å². The number of amides is 1. The van der Waals surface area contributed by atoms with Gasteiger partial charge in [0.25, 0.3) is 0 Å². The Kier molecular flexibility index (Phi) is 5.12. The van der Waals surface area contributed by atoms with Gasteiger partial charge in [-0.2, -0.15) is 0 Å². The van der Waals surface area contributed by atoms with Gasteiger partial charge in [0, 0.05) is 11.6 Å². The monoisotopic (exact) mass is 368 g/mol. The molecule has 0 aliphatic heterocycles. The highest BCUT2D eigenvalue weighted by molar-refractivity contribution is 5.93. The van der Waals surface area contributed by atoms with E-state index in [1.54, 1.807) is 31.3 Å². The first-order valence-corrected chi connectivity index (χ1v) is 8.34. The molecular weight excluding hydrogens is 348 g/mol. The normalized spacial score (nSPS) is 10.7. The minimum Gasteiger partial charge on any atom is -0.493 e. The number of hydrogen-bond acceptors (Lipinski definition) is 6. The molecule has 1 N–H and O–H groups in total. The van der Waals surface area contributed by atoms with Crippen LogP contribution >= 0.6 is 0 Å². The van der Waals surface area contributed by atoms with Gasteiger partial charge in [-0.25, -0.2) is 9.78 Å². The fraction of sp³-hybridized carbons (Fsp3) is 0.250. The molecule has 3 rings (SSSR count). The van der Waals surface area contributed by atoms with Crippen molar-refractivity contribution in [2.24, 2.45) is 0 Å². The molecule has 27 heavy (non-hydrogen) atoms. The first kappa shape index (κ1) is 18.4. The van der Waals surface area contributed by atoms with E-state index in [-0.39, 0.29) is 12.3 Å². The number of fused-ring (bicyclic) bond motifs is 1. The molecule has 2 heterocycles. The largest absolute Gasteiger partial charge is 0.493 e. The van der Waals surface area contributed by atoms with E-state index in [4.69, 9.17) is 13.9 Å². The van der Waals surface area contributed by atoms with E-state index in [1.165, 1.54) is 14.2 Å². The predicted molar refractivity (Wildman–Crippen MR) is 102 cm³/mol. The molecule has 0 aliphatic carbocycles. The molecular formula is C20H20N2O5. The Morgan fingerprint density at radius 2 is 1.93 bits per heavy atom. The summed E-state index contributed by atoms with van der Waals surface area (Å²) in [6.07, 6.45) is 1.54. The molecule has 7 heteroatoms. The summed E-state index contributed by atoms with van der Waals surface area (Å²) in [6, 6.07) is 7.06. The molecule has 0 saturated heterocycles. The lowest BCUT2D eigenvalue weighted by Crippen LogP contribution is -2.21. The van der Waals surface area contributed by atoms with Crippen LogP contribution in [0.5, 0.6) is 11.5 Å². The van der Waals surface area contributed by atoms with Gasteiger partial charge in [0.15, 0.2) is 11.3 Å². The van der Waals surface area contributed by atoms with Crippen molar-refractivity contribution in [1.82, 2.24) is 4.98 Å². The summed E-state index contributed by atoms with van der Waals surface area (Å²) in [6.45, 7) is 3.68. The summed E-state index contributed by atoms with van der Waals surface area (Å²) >= 11 is 0. The van der Waals surface area contributed by atoms with E-state index in [2.05, 4.69) is 10.3 Å². The SMILES string of the molecule is COc1ccc2c(C)c(CC(=O)Nc3ccc(C)cn3)c(=O)oc2c1OC. The zero-order valence-corrected chi connectivity index (χ0v) is 15.6. The van der Waals surface area contributed by atoms with E-state index in [9.17, 15) is 9.59 Å². The number of pyridine rings is 1. The maximum absolute atomic E-state index is 12.5. The van der Waals surface area contributed by atoms with Crippen molar-refractivity contribution >= 4 is 22.7 Å². The Morgan fingerprint density at radius 3 is 2.56 bits per heavy atom. The minimum absolute atomic E-state index is 0.117. The molecule has 7 nitrogen and oxygen atoms in total. The number of aromatic nitrogens is 1. The summed E-state index contributed by atoms with van der Waals surface area (Å²) < 4.78 is 16.0. The number of hydrogen-bond donors (Lipinski definition) is 1. The number of carbonyl (C=O) groups excluding carboxylic acids is 1. The van der Waals surface area contributed by atoms with Crippen molar-refractivity contribution in [1.29, 1.82) is 0 Å². The van der Waals surface area contributed by atoms with Crippen LogP contribution in [0.1, 0.15) is 16.7 Å². The highest BCUT2D eigenvalue weighted by atomic mass is 16.5. The van der Waals surface area contributed by atoms with E-state index in [0.717, 1.165) is 5.56 Å². The van der Waals surface area contributed by atoms with E-state index in [0.29, 0.717) is 39.4 Å². The number of anilines is 1. The highest BCUT2D eigenvalue weighted by Crippen LogP contribution is 2.36. The lowest BCUT2D eigenvalue weighted by atomic mass is 10.0. The molecule has 1 amide bonds. The van der Waals surface area contributed by atoms with Crippen molar-refractivity contribution < 1.29 is 18.7 Å². The second kappa shape index (κ2) is 7.49. The number of aryl methyl sites for hydroxylation is 2. The van der Waals surface area contributed by atoms with Crippen LogP contribution in [0, 0.1) is 13.8 Å². The van der Waals surface area contributed by atoms with Gasteiger partial charge < -0.3 is 19.2 Å². The standard InChI is InChI=1S/C20H20N2O5/c1-11-5-8-16(21-10-11)22-17(23)9-14-12(2)13-6-7-15(25-3)19(26-4)18(13)27-20(14)24/h5-8,10H,9H2,1-4H3,(H,21,22,23). The van der Waals surface area contributed by atoms with Crippen LogP contribution < -0.4 is 20.4 Å². The highest BCUT2D eigenvalue weighted by Gasteiger charge is 2.19. The number of methoxy groups -OCH3 is 2. The molecule has 140 valence electrons. The third kappa shape index (κ3) is 3.62. The minimum atomic E-state index is -0.585. The molecule has 3 aromatic rings. The Morgan fingerprint density at radius 1 is 1.15 bits per heavy atom. The fourth-order valence-electron chi connectivity index (χ4n) is 2.86. The molecule has 0 spiro atoms. The lowest BCUT2D eigenvalue weighted by Gasteiger charge is -2.12. The van der Waals surface area contributed by atoms with Gasteiger partial charge in [-0.05, 0) is 43.2 Å². The van der Waals surface area contributed by atoms with Crippen LogP contribution in [0.25, 0.3) is 11.0 Å². The average molecular weight is 368 g/mol. The molecule has 0 bridgehead atoms. The zero-order valence-electron chi connectivity index (χ0n) is 15.6. The molecule has 0 aliphatic rings. The smallest absolute Gasteiger partial charge is 0.340 e. The molecule has 0 fully saturated rings. The molecule has 1 aromatic carbocycles. The first-order valence-electron chi connectivity index (χ1n) is 8.34. The van der Waals surface area contributed by atoms with Gasteiger partial charge in [-0.1, -0.05) is 6.07 Å². The van der Waals surface area contributed by atoms with Crippen LogP contribution in [0.4, 0.5) is 5.82 Å². The number of carbonyl (C=O) groups is 1. The second-order valence-electron chi connectivity index (χ2n) is 6.12. The number of nitrogens with zero attached hydrogens (tertiary/aromatic N) is 1. The van der Waals surface area contributed by atoms with Crippen LogP contribution in [-0.2, 0) is 11.2 Å². The van der Waals surface area contributed by atoms with Gasteiger partial charge in [0.1, 0.15) is 5.82 Å². The number of nitrogens with one attached hydrogen (secondary N) is 1. The molecule has 0 saturated carbocycles. The third-order valence-corrected chi connectivity index (χ3v) is 4.31. The molecule has 2 aromatic heterocycles. The topological polar surface area (TPSA) is 90.7 Å². The summed E-state index contributed by atoms with van der Waals surface area (Å²) in [5, 5.41) is 3.37. The summed E-state index contributed by atoms with van der Waals surface area (Å²) in [7, 11) is 2.98. The maximum atomic E-state index is 12.5. The second-order valence-corrected chi connectivity index (χ2v) is 6.12. The van der Waals surface area contributed by atoms with Crippen molar-refractivity contribution in [3.8, 4) is 11.5 Å². The maximum Gasteiger partial charge on any atom is 0.340 e. The van der Waals surface area contributed by atoms with Crippen LogP contribution in [0.2, 0.25) is 0 Å². The quantitative estimate of drug-likeness (QED) is 0.696. The molecule has 0 radical (unpaired) electrons. The summed E-state index contributed by atoms with van der Waals surface area (Å²) in [4.78, 5) is 29.0. The Bertz CT molecular complexity index is 1050. The van der Waals surface area contributed by atoms with Gasteiger partial charge in [0.2, 0.25) is 11.7 Å². The van der Waals surface area contributed by atoms with Crippen molar-refractivity contribution in [3.63, 3.8) is 0 Å². The average Bonchev–Trinajstić information content (AvgIpc) is 2.66. The van der Waals surface area contributed by atoms with Gasteiger partial charge in [-0.3, -0.25) is 4.79 Å². The van der Waals surface area contributed by atoms with E-state index >= 15 is 0 Å². The Balaban J connectivity index is 1.96. The number of benzene rings is 1. The molecule has 0 unspecified atom stereocenters. The van der Waals surface area contributed by atoms with Crippen molar-refractivity contribution in [2.75, 3.05) is 19.5 Å². The van der Waals surface area contributed by atoms with Crippen molar-refractivity contribution in [3.05, 3.63) is 57.6 Å². The molecule has 0 atom stereocenters. The lowest BCUT2D eigenvalue weighted by molar-refractivity contribution is -0.115. The van der Waals surface area contributed by atoms with Gasteiger partial charge in [0.05, 0.1) is 26.2 Å². The van der Waals surface area contributed by atoms with E-state index < -0.39 is 5.63 Å². The summed E-state index contributed by atoms with van der Waals surface area (Å²) in [5.74, 6) is 0.889. The van der Waals surface area contributed by atoms with E-state index in [1.807, 2.05) is 13.0 Å². The van der Waals surface area contributed by atoms with Gasteiger partial charge in [-0.15, -0.1) is 0 Å². The third-order valence-electron chi connectivity index (χ3n) is 4.31. The fourth-order valence-corrected chi connectivity index (χ4v) is 2.86.